The molecule has 0 bridgehead atoms. The van der Waals surface area contributed by atoms with Gasteiger partial charge in [-0.1, -0.05) is 30.3 Å². The Hall–Kier alpha value is -3.60. The number of hydrogen-bond donors (Lipinski definition) is 0. The smallest absolute Gasteiger partial charge is 0.230 e. The predicted octanol–water partition coefficient (Wildman–Crippen LogP) is 4.37. The Labute approximate surface area is 152 Å². The molecule has 126 valence electrons. The zero-order chi connectivity index (χ0) is 17.8. The molecule has 3 heterocycles. The largest absolute Gasteiger partial charge is 0.314 e. The Balaban J connectivity index is 1.86. The Morgan fingerprint density at radius 3 is 1.65 bits per heavy atom. The molecule has 3 aromatic heterocycles. The molecule has 0 amide bonds. The Kier molecular flexibility index (Phi) is 4.35. The third-order valence-corrected chi connectivity index (χ3v) is 4.01. The highest BCUT2D eigenvalue weighted by Crippen LogP contribution is 2.26. The molecule has 0 saturated carbocycles. The standard InChI is InChI=1S/C21H17N5/c1-26(16-9-3-2-4-10-16)21-24-19(17-11-5-7-13-22-17)15-20(25-21)18-12-6-8-14-23-18/h2-15H,1H3. The zero-order valence-electron chi connectivity index (χ0n) is 14.3. The highest BCUT2D eigenvalue weighted by Gasteiger charge is 2.13. The SMILES string of the molecule is CN(c1ccccc1)c1nc(-c2ccccn2)cc(-c2ccccn2)n1. The van der Waals surface area contributed by atoms with Crippen molar-refractivity contribution in [2.24, 2.45) is 0 Å². The first-order valence-corrected chi connectivity index (χ1v) is 8.32. The van der Waals surface area contributed by atoms with Crippen LogP contribution in [0.5, 0.6) is 0 Å². The van der Waals surface area contributed by atoms with E-state index in [9.17, 15) is 0 Å². The molecule has 1 aromatic carbocycles. The lowest BCUT2D eigenvalue weighted by Gasteiger charge is -2.18. The van der Waals surface area contributed by atoms with Gasteiger partial charge in [-0.05, 0) is 42.5 Å². The van der Waals surface area contributed by atoms with Gasteiger partial charge in [0.25, 0.3) is 0 Å². The maximum atomic E-state index is 4.73. The summed E-state index contributed by atoms with van der Waals surface area (Å²) in [6.45, 7) is 0. The maximum Gasteiger partial charge on any atom is 0.230 e. The molecule has 5 nitrogen and oxygen atoms in total. The minimum Gasteiger partial charge on any atom is -0.314 e. The first-order valence-electron chi connectivity index (χ1n) is 8.32. The van der Waals surface area contributed by atoms with E-state index < -0.39 is 0 Å². The summed E-state index contributed by atoms with van der Waals surface area (Å²) in [4.78, 5) is 20.3. The molecular formula is C21H17N5. The summed E-state index contributed by atoms with van der Waals surface area (Å²) in [6.07, 6.45) is 3.52. The van der Waals surface area contributed by atoms with Crippen LogP contribution in [0.25, 0.3) is 22.8 Å². The molecular weight excluding hydrogens is 322 g/mol. The van der Waals surface area contributed by atoms with E-state index in [1.54, 1.807) is 12.4 Å². The van der Waals surface area contributed by atoms with E-state index in [1.165, 1.54) is 0 Å². The minimum atomic E-state index is 0.597. The first-order chi connectivity index (χ1) is 12.8. The normalized spacial score (nSPS) is 10.5. The van der Waals surface area contributed by atoms with Crippen molar-refractivity contribution in [2.45, 2.75) is 0 Å². The third-order valence-electron chi connectivity index (χ3n) is 4.01. The number of hydrogen-bond acceptors (Lipinski definition) is 5. The Bertz CT molecular complexity index is 931. The summed E-state index contributed by atoms with van der Waals surface area (Å²) < 4.78 is 0. The molecule has 0 radical (unpaired) electrons. The van der Waals surface area contributed by atoms with Gasteiger partial charge in [-0.3, -0.25) is 9.97 Å². The van der Waals surface area contributed by atoms with Gasteiger partial charge in [-0.15, -0.1) is 0 Å². The molecule has 26 heavy (non-hydrogen) atoms. The van der Waals surface area contributed by atoms with E-state index in [0.29, 0.717) is 5.95 Å². The highest BCUT2D eigenvalue weighted by molar-refractivity contribution is 5.67. The molecule has 0 aliphatic rings. The number of rotatable bonds is 4. The highest BCUT2D eigenvalue weighted by atomic mass is 15.2. The molecule has 0 aliphatic carbocycles. The summed E-state index contributed by atoms with van der Waals surface area (Å²) in [6, 6.07) is 23.5. The van der Waals surface area contributed by atoms with Gasteiger partial charge in [0.15, 0.2) is 0 Å². The lowest BCUT2D eigenvalue weighted by molar-refractivity contribution is 1.04. The predicted molar refractivity (Wildman–Crippen MR) is 103 cm³/mol. The van der Waals surface area contributed by atoms with E-state index in [0.717, 1.165) is 28.5 Å². The number of benzene rings is 1. The fraction of sp³-hybridized carbons (Fsp3) is 0.0476. The van der Waals surface area contributed by atoms with Crippen molar-refractivity contribution in [3.63, 3.8) is 0 Å². The molecule has 4 aromatic rings. The van der Waals surface area contributed by atoms with Crippen LogP contribution in [0.4, 0.5) is 11.6 Å². The minimum absolute atomic E-state index is 0.597. The Morgan fingerprint density at radius 2 is 1.15 bits per heavy atom. The monoisotopic (exact) mass is 339 g/mol. The van der Waals surface area contributed by atoms with Gasteiger partial charge in [0.05, 0.1) is 22.8 Å². The second-order valence-electron chi connectivity index (χ2n) is 5.76. The van der Waals surface area contributed by atoms with Crippen molar-refractivity contribution in [3.05, 3.63) is 85.2 Å². The van der Waals surface area contributed by atoms with Gasteiger partial charge in [0, 0.05) is 25.1 Å². The molecule has 0 atom stereocenters. The number of pyridine rings is 2. The van der Waals surface area contributed by atoms with Crippen LogP contribution in [0.1, 0.15) is 0 Å². The summed E-state index contributed by atoms with van der Waals surface area (Å²) in [7, 11) is 1.95. The van der Waals surface area contributed by atoms with Gasteiger partial charge in [-0.2, -0.15) is 0 Å². The molecule has 4 rings (SSSR count). The summed E-state index contributed by atoms with van der Waals surface area (Å²) in [5.74, 6) is 0.597. The number of para-hydroxylation sites is 1. The van der Waals surface area contributed by atoms with Crippen LogP contribution in [-0.4, -0.2) is 27.0 Å². The summed E-state index contributed by atoms with van der Waals surface area (Å²) in [5, 5.41) is 0. The van der Waals surface area contributed by atoms with Gasteiger partial charge in [-0.25, -0.2) is 9.97 Å². The number of nitrogens with zero attached hydrogens (tertiary/aromatic N) is 5. The van der Waals surface area contributed by atoms with Crippen LogP contribution in [-0.2, 0) is 0 Å². The van der Waals surface area contributed by atoms with Crippen molar-refractivity contribution in [1.82, 2.24) is 19.9 Å². The summed E-state index contributed by atoms with van der Waals surface area (Å²) >= 11 is 0. The fourth-order valence-electron chi connectivity index (χ4n) is 2.64. The van der Waals surface area contributed by atoms with E-state index in [1.807, 2.05) is 84.7 Å². The van der Waals surface area contributed by atoms with Crippen molar-refractivity contribution >= 4 is 11.6 Å². The van der Waals surface area contributed by atoms with Gasteiger partial charge in [0.1, 0.15) is 0 Å². The maximum absolute atomic E-state index is 4.73. The van der Waals surface area contributed by atoms with Crippen molar-refractivity contribution in [2.75, 3.05) is 11.9 Å². The van der Waals surface area contributed by atoms with Crippen LogP contribution >= 0.6 is 0 Å². The lowest BCUT2D eigenvalue weighted by Crippen LogP contribution is -2.14. The van der Waals surface area contributed by atoms with Crippen LogP contribution in [0, 0.1) is 0 Å². The molecule has 0 aliphatic heterocycles. The van der Waals surface area contributed by atoms with Crippen LogP contribution in [0.2, 0.25) is 0 Å². The molecule has 0 spiro atoms. The van der Waals surface area contributed by atoms with E-state index in [4.69, 9.17) is 9.97 Å². The van der Waals surface area contributed by atoms with E-state index in [2.05, 4.69) is 9.97 Å². The number of aromatic nitrogens is 4. The van der Waals surface area contributed by atoms with Crippen LogP contribution in [0.15, 0.2) is 85.2 Å². The quantitative estimate of drug-likeness (QED) is 0.553. The first kappa shape index (κ1) is 15.9. The van der Waals surface area contributed by atoms with E-state index in [-0.39, 0.29) is 0 Å². The number of anilines is 2. The average Bonchev–Trinajstić information content (AvgIpc) is 2.75. The van der Waals surface area contributed by atoms with Crippen molar-refractivity contribution in [3.8, 4) is 22.8 Å². The third kappa shape index (κ3) is 3.28. The topological polar surface area (TPSA) is 54.8 Å². The van der Waals surface area contributed by atoms with E-state index >= 15 is 0 Å². The van der Waals surface area contributed by atoms with Crippen LogP contribution < -0.4 is 4.90 Å². The Morgan fingerprint density at radius 1 is 0.615 bits per heavy atom. The summed E-state index contributed by atoms with van der Waals surface area (Å²) in [5.41, 5.74) is 4.14. The lowest BCUT2D eigenvalue weighted by atomic mass is 10.2. The molecule has 0 N–H and O–H groups in total. The fourth-order valence-corrected chi connectivity index (χ4v) is 2.64. The van der Waals surface area contributed by atoms with Crippen molar-refractivity contribution < 1.29 is 0 Å². The van der Waals surface area contributed by atoms with Gasteiger partial charge in [0.2, 0.25) is 5.95 Å². The van der Waals surface area contributed by atoms with Gasteiger partial charge >= 0.3 is 0 Å². The second kappa shape index (κ2) is 7.11. The van der Waals surface area contributed by atoms with Crippen molar-refractivity contribution in [1.29, 1.82) is 0 Å². The zero-order valence-corrected chi connectivity index (χ0v) is 14.3. The average molecular weight is 339 g/mol. The molecule has 5 heteroatoms. The molecule has 0 fully saturated rings. The molecule has 0 saturated heterocycles. The second-order valence-corrected chi connectivity index (χ2v) is 5.76. The van der Waals surface area contributed by atoms with Gasteiger partial charge < -0.3 is 4.90 Å². The van der Waals surface area contributed by atoms with Crippen LogP contribution in [0.3, 0.4) is 0 Å². The molecule has 0 unspecified atom stereocenters.